The molecule has 2 aliphatic rings. The molecule has 2 aliphatic carbocycles. The summed E-state index contributed by atoms with van der Waals surface area (Å²) < 4.78 is 31.7. The normalized spacial score (nSPS) is 20.4. The lowest BCUT2D eigenvalue weighted by atomic mass is 9.86. The van der Waals surface area contributed by atoms with Gasteiger partial charge in [0.1, 0.15) is 5.82 Å². The van der Waals surface area contributed by atoms with Crippen LogP contribution in [0.4, 0.5) is 24.9 Å². The van der Waals surface area contributed by atoms with Crippen LogP contribution in [0.3, 0.4) is 0 Å². The number of aromatic nitrogens is 2. The van der Waals surface area contributed by atoms with Crippen molar-refractivity contribution in [2.24, 2.45) is 11.8 Å². The summed E-state index contributed by atoms with van der Waals surface area (Å²) in [5.41, 5.74) is 0.969. The Hall–Kier alpha value is -3.11. The standard InChI is InChI=1S/C23H33N5O.C2HF3O2/c1-28(2)21-19-9-5-6-10-20(19)26-23(27-21)25-18-13-11-16(12-14-18)15-24-22(29)17-7-3-4-8-17;3-2(4,5)1(6)7/h5-6,9-10,16-18H,3-4,7-8,11-15H2,1-2H3,(H,24,29)(H,25,26,27);(H,6,7). The SMILES string of the molecule is CN(C)c1nc(NC2CCC(CNC(=O)C3CCCC3)CC2)nc2ccccc12.O=C(O)C(F)(F)F. The van der Waals surface area contributed by atoms with E-state index in [0.29, 0.717) is 17.9 Å². The van der Waals surface area contributed by atoms with Crippen molar-refractivity contribution in [2.45, 2.75) is 63.6 Å². The van der Waals surface area contributed by atoms with Gasteiger partial charge < -0.3 is 20.6 Å². The van der Waals surface area contributed by atoms with Gasteiger partial charge in [-0.1, -0.05) is 25.0 Å². The summed E-state index contributed by atoms with van der Waals surface area (Å²) in [6.45, 7) is 0.833. The van der Waals surface area contributed by atoms with Crippen LogP contribution in [0.25, 0.3) is 10.9 Å². The first-order valence-corrected chi connectivity index (χ1v) is 12.3. The zero-order chi connectivity index (χ0) is 26.3. The van der Waals surface area contributed by atoms with E-state index in [4.69, 9.17) is 19.9 Å². The van der Waals surface area contributed by atoms with E-state index in [1.807, 2.05) is 37.2 Å². The molecule has 36 heavy (non-hydrogen) atoms. The van der Waals surface area contributed by atoms with Crippen molar-refractivity contribution >= 4 is 34.5 Å². The second kappa shape index (κ2) is 12.2. The van der Waals surface area contributed by atoms with Crippen LogP contribution in [0.5, 0.6) is 0 Å². The molecule has 0 radical (unpaired) electrons. The van der Waals surface area contributed by atoms with E-state index >= 15 is 0 Å². The number of carboxylic acids is 1. The molecule has 3 N–H and O–H groups in total. The van der Waals surface area contributed by atoms with E-state index in [2.05, 4.69) is 16.7 Å². The highest BCUT2D eigenvalue weighted by Crippen LogP contribution is 2.29. The Morgan fingerprint density at radius 2 is 1.64 bits per heavy atom. The minimum absolute atomic E-state index is 0.268. The number of hydrogen-bond donors (Lipinski definition) is 3. The fourth-order valence-corrected chi connectivity index (χ4v) is 4.74. The van der Waals surface area contributed by atoms with Gasteiger partial charge in [0.15, 0.2) is 0 Å². The molecule has 2 aromatic rings. The number of para-hydroxylation sites is 1. The van der Waals surface area contributed by atoms with E-state index in [1.54, 1.807) is 0 Å². The van der Waals surface area contributed by atoms with Crippen molar-refractivity contribution in [3.8, 4) is 0 Å². The first kappa shape index (κ1) is 27.5. The van der Waals surface area contributed by atoms with Crippen LogP contribution in [-0.4, -0.2) is 59.8 Å². The smallest absolute Gasteiger partial charge is 0.475 e. The number of carbonyl (C=O) groups is 2. The molecule has 0 saturated heterocycles. The molecule has 8 nitrogen and oxygen atoms in total. The van der Waals surface area contributed by atoms with Crippen molar-refractivity contribution in [1.29, 1.82) is 0 Å². The van der Waals surface area contributed by atoms with Gasteiger partial charge in [0.2, 0.25) is 11.9 Å². The average molecular weight is 510 g/mol. The molecular formula is C25H34F3N5O3. The van der Waals surface area contributed by atoms with Crippen molar-refractivity contribution in [3.63, 3.8) is 0 Å². The number of carbonyl (C=O) groups excluding carboxylic acids is 1. The van der Waals surface area contributed by atoms with Crippen LogP contribution in [0.2, 0.25) is 0 Å². The molecule has 2 saturated carbocycles. The molecule has 0 bridgehead atoms. The average Bonchev–Trinajstić information content (AvgIpc) is 3.38. The number of nitrogens with zero attached hydrogens (tertiary/aromatic N) is 3. The van der Waals surface area contributed by atoms with Crippen LogP contribution >= 0.6 is 0 Å². The number of alkyl halides is 3. The number of benzene rings is 1. The zero-order valence-electron chi connectivity index (χ0n) is 20.6. The maximum atomic E-state index is 12.2. The molecule has 1 aromatic heterocycles. The fraction of sp³-hybridized carbons (Fsp3) is 0.600. The Morgan fingerprint density at radius 1 is 1.03 bits per heavy atom. The number of rotatable bonds is 6. The molecule has 1 heterocycles. The largest absolute Gasteiger partial charge is 0.490 e. The lowest BCUT2D eigenvalue weighted by Gasteiger charge is -2.29. The minimum Gasteiger partial charge on any atom is -0.475 e. The van der Waals surface area contributed by atoms with Crippen molar-refractivity contribution in [1.82, 2.24) is 15.3 Å². The maximum Gasteiger partial charge on any atom is 0.490 e. The Morgan fingerprint density at radius 3 is 2.22 bits per heavy atom. The van der Waals surface area contributed by atoms with Crippen LogP contribution in [0.1, 0.15) is 51.4 Å². The summed E-state index contributed by atoms with van der Waals surface area (Å²) >= 11 is 0. The summed E-state index contributed by atoms with van der Waals surface area (Å²) in [6, 6.07) is 8.55. The molecule has 1 amide bonds. The van der Waals surface area contributed by atoms with Gasteiger partial charge in [-0.15, -0.1) is 0 Å². The van der Waals surface area contributed by atoms with Gasteiger partial charge in [-0.25, -0.2) is 9.78 Å². The number of fused-ring (bicyclic) bond motifs is 1. The highest BCUT2D eigenvalue weighted by atomic mass is 19.4. The van der Waals surface area contributed by atoms with E-state index < -0.39 is 12.1 Å². The van der Waals surface area contributed by atoms with Gasteiger partial charge in [0, 0.05) is 38.0 Å². The third-order valence-electron chi connectivity index (χ3n) is 6.72. The molecule has 0 atom stereocenters. The Bertz CT molecular complexity index is 1030. The van der Waals surface area contributed by atoms with E-state index in [9.17, 15) is 18.0 Å². The molecule has 0 aliphatic heterocycles. The highest BCUT2D eigenvalue weighted by molar-refractivity contribution is 5.90. The van der Waals surface area contributed by atoms with Crippen LogP contribution in [0.15, 0.2) is 24.3 Å². The summed E-state index contributed by atoms with van der Waals surface area (Å²) in [6.07, 6.45) is 3.94. The molecule has 11 heteroatoms. The number of carboxylic acid groups (broad SMARTS) is 1. The van der Waals surface area contributed by atoms with Crippen molar-refractivity contribution < 1.29 is 27.9 Å². The number of nitrogens with one attached hydrogen (secondary N) is 2. The van der Waals surface area contributed by atoms with Crippen molar-refractivity contribution in [2.75, 3.05) is 30.9 Å². The van der Waals surface area contributed by atoms with Gasteiger partial charge in [-0.05, 0) is 56.6 Å². The Labute approximate surface area is 208 Å². The fourth-order valence-electron chi connectivity index (χ4n) is 4.74. The van der Waals surface area contributed by atoms with E-state index in [0.717, 1.165) is 61.8 Å². The van der Waals surface area contributed by atoms with Crippen LogP contribution in [0, 0.1) is 11.8 Å². The molecule has 1 aromatic carbocycles. The number of hydrogen-bond acceptors (Lipinski definition) is 6. The second-order valence-electron chi connectivity index (χ2n) is 9.67. The molecule has 198 valence electrons. The lowest BCUT2D eigenvalue weighted by Crippen LogP contribution is -2.36. The minimum atomic E-state index is -5.08. The predicted octanol–water partition coefficient (Wildman–Crippen LogP) is 4.61. The zero-order valence-corrected chi connectivity index (χ0v) is 20.6. The van der Waals surface area contributed by atoms with Crippen LogP contribution < -0.4 is 15.5 Å². The number of halogens is 3. The van der Waals surface area contributed by atoms with Crippen LogP contribution in [-0.2, 0) is 9.59 Å². The molecule has 0 spiro atoms. The number of amides is 1. The predicted molar refractivity (Wildman–Crippen MR) is 132 cm³/mol. The highest BCUT2D eigenvalue weighted by Gasteiger charge is 2.38. The van der Waals surface area contributed by atoms with Gasteiger partial charge in [-0.2, -0.15) is 18.2 Å². The maximum absolute atomic E-state index is 12.2. The monoisotopic (exact) mass is 509 g/mol. The van der Waals surface area contributed by atoms with Crippen molar-refractivity contribution in [3.05, 3.63) is 24.3 Å². The number of anilines is 2. The van der Waals surface area contributed by atoms with Gasteiger partial charge in [0.25, 0.3) is 0 Å². The summed E-state index contributed by atoms with van der Waals surface area (Å²) in [4.78, 5) is 32.7. The third kappa shape index (κ3) is 7.69. The molecule has 2 fully saturated rings. The molecular weight excluding hydrogens is 475 g/mol. The summed E-state index contributed by atoms with van der Waals surface area (Å²) in [5.74, 6) is 0.0417. The van der Waals surface area contributed by atoms with Gasteiger partial charge in [0.05, 0.1) is 5.52 Å². The first-order valence-electron chi connectivity index (χ1n) is 12.3. The second-order valence-corrected chi connectivity index (χ2v) is 9.67. The van der Waals surface area contributed by atoms with Gasteiger partial charge >= 0.3 is 12.1 Å². The third-order valence-corrected chi connectivity index (χ3v) is 6.72. The molecule has 4 rings (SSSR count). The van der Waals surface area contributed by atoms with E-state index in [1.165, 1.54) is 12.8 Å². The first-order chi connectivity index (χ1) is 17.0. The molecule has 0 unspecified atom stereocenters. The van der Waals surface area contributed by atoms with E-state index in [-0.39, 0.29) is 11.8 Å². The number of aliphatic carboxylic acids is 1. The Kier molecular flexibility index (Phi) is 9.33. The van der Waals surface area contributed by atoms with Gasteiger partial charge in [-0.3, -0.25) is 4.79 Å². The quantitative estimate of drug-likeness (QED) is 0.522. The summed E-state index contributed by atoms with van der Waals surface area (Å²) in [5, 5.41) is 15.0. The lowest BCUT2D eigenvalue weighted by molar-refractivity contribution is -0.192. The summed E-state index contributed by atoms with van der Waals surface area (Å²) in [7, 11) is 4.03. The Balaban J connectivity index is 0.000000454. The topological polar surface area (TPSA) is 107 Å².